The molecule has 19 heavy (non-hydrogen) atoms. The highest BCUT2D eigenvalue weighted by Crippen LogP contribution is 2.23. The summed E-state index contributed by atoms with van der Waals surface area (Å²) in [5, 5.41) is 8.97. The fraction of sp³-hybridized carbons (Fsp3) is 0.500. The molecule has 1 N–H and O–H groups in total. The van der Waals surface area contributed by atoms with Crippen molar-refractivity contribution >= 4 is 34.8 Å². The molecule has 1 aromatic heterocycles. The Balaban J connectivity index is 2.00. The number of halogens is 1. The minimum absolute atomic E-state index is 0.0949. The maximum Gasteiger partial charge on any atom is 0.334 e. The lowest BCUT2D eigenvalue weighted by molar-refractivity contribution is -0.166. The molecule has 0 saturated carbocycles. The lowest BCUT2D eigenvalue weighted by Gasteiger charge is -2.34. The van der Waals surface area contributed by atoms with Gasteiger partial charge in [0, 0.05) is 11.4 Å². The van der Waals surface area contributed by atoms with Crippen molar-refractivity contribution in [3.63, 3.8) is 0 Å². The van der Waals surface area contributed by atoms with Crippen LogP contribution in [0.25, 0.3) is 0 Å². The molecule has 0 aliphatic carbocycles. The molecule has 0 bridgehead atoms. The van der Waals surface area contributed by atoms with Crippen LogP contribution in [-0.4, -0.2) is 47.2 Å². The summed E-state index contributed by atoms with van der Waals surface area (Å²) in [6.45, 7) is 2.27. The van der Waals surface area contributed by atoms with Crippen LogP contribution in [0.5, 0.6) is 0 Å². The third-order valence-electron chi connectivity index (χ3n) is 2.84. The number of carboxylic acids is 1. The van der Waals surface area contributed by atoms with Crippen LogP contribution >= 0.6 is 22.9 Å². The van der Waals surface area contributed by atoms with E-state index in [1.165, 1.54) is 11.3 Å². The first kappa shape index (κ1) is 14.3. The number of nitrogens with zero attached hydrogens (tertiary/aromatic N) is 1. The van der Waals surface area contributed by atoms with E-state index in [0.717, 1.165) is 4.88 Å². The number of ether oxygens (including phenoxy) is 1. The van der Waals surface area contributed by atoms with Crippen LogP contribution in [0, 0.1) is 0 Å². The van der Waals surface area contributed by atoms with Crippen LogP contribution < -0.4 is 0 Å². The molecule has 2 heterocycles. The molecule has 1 aromatic rings. The summed E-state index contributed by atoms with van der Waals surface area (Å²) in [6.07, 6.45) is -0.971. The van der Waals surface area contributed by atoms with Crippen molar-refractivity contribution in [2.24, 2.45) is 0 Å². The summed E-state index contributed by atoms with van der Waals surface area (Å²) >= 11 is 7.17. The van der Waals surface area contributed by atoms with Crippen LogP contribution in [0.4, 0.5) is 0 Å². The Morgan fingerprint density at radius 3 is 2.84 bits per heavy atom. The molecule has 2 rings (SSSR count). The number of amides is 1. The highest BCUT2D eigenvalue weighted by atomic mass is 35.5. The molecule has 1 unspecified atom stereocenters. The first-order valence-electron chi connectivity index (χ1n) is 5.86. The Hall–Kier alpha value is -1.11. The maximum absolute atomic E-state index is 12.1. The predicted octanol–water partition coefficient (Wildman–Crippen LogP) is 1.64. The third kappa shape index (κ3) is 3.68. The van der Waals surface area contributed by atoms with E-state index in [9.17, 15) is 9.59 Å². The lowest BCUT2D eigenvalue weighted by Crippen LogP contribution is -2.52. The highest BCUT2D eigenvalue weighted by molar-refractivity contribution is 7.16. The topological polar surface area (TPSA) is 66.8 Å². The number of aliphatic carboxylic acids is 1. The molecular formula is C12H14ClNO4S. The Labute approximate surface area is 119 Å². The van der Waals surface area contributed by atoms with Crippen LogP contribution in [0.3, 0.4) is 0 Å². The average Bonchev–Trinajstić information content (AvgIpc) is 2.73. The Morgan fingerprint density at radius 2 is 2.26 bits per heavy atom. The number of hydrogen-bond donors (Lipinski definition) is 1. The molecule has 104 valence electrons. The fourth-order valence-electron chi connectivity index (χ4n) is 2.00. The van der Waals surface area contributed by atoms with Crippen LogP contribution in [0.1, 0.15) is 11.8 Å². The van der Waals surface area contributed by atoms with Crippen molar-refractivity contribution in [2.75, 3.05) is 13.1 Å². The SMILES string of the molecule is C[C@@H]1CN(C(=O)Cc2ccc(Cl)s2)CC(C(=O)O)O1. The first-order chi connectivity index (χ1) is 8.95. The number of carbonyl (C=O) groups is 2. The molecule has 0 spiro atoms. The van der Waals surface area contributed by atoms with E-state index < -0.39 is 12.1 Å². The Morgan fingerprint density at radius 1 is 1.53 bits per heavy atom. The number of carbonyl (C=O) groups excluding carboxylic acids is 1. The minimum Gasteiger partial charge on any atom is -0.479 e. The van der Waals surface area contributed by atoms with Crippen molar-refractivity contribution in [3.8, 4) is 0 Å². The summed E-state index contributed by atoms with van der Waals surface area (Å²) in [5.74, 6) is -1.14. The van der Waals surface area contributed by atoms with Gasteiger partial charge in [-0.05, 0) is 19.1 Å². The second kappa shape index (κ2) is 5.90. The highest BCUT2D eigenvalue weighted by Gasteiger charge is 2.32. The normalized spacial score (nSPS) is 23.4. The number of thiophene rings is 1. The summed E-state index contributed by atoms with van der Waals surface area (Å²) in [4.78, 5) is 25.5. The van der Waals surface area contributed by atoms with E-state index in [2.05, 4.69) is 0 Å². The average molecular weight is 304 g/mol. The number of rotatable bonds is 3. The lowest BCUT2D eigenvalue weighted by atomic mass is 10.2. The second-order valence-electron chi connectivity index (χ2n) is 4.45. The molecular weight excluding hydrogens is 290 g/mol. The van der Waals surface area contributed by atoms with Crippen LogP contribution in [0.15, 0.2) is 12.1 Å². The maximum atomic E-state index is 12.1. The standard InChI is InChI=1S/C12H14ClNO4S/c1-7-5-14(6-9(18-7)12(16)17)11(15)4-8-2-3-10(13)19-8/h2-3,7,9H,4-6H2,1H3,(H,16,17)/t7-,9?/m1/s1. The van der Waals surface area contributed by atoms with Gasteiger partial charge in [0.25, 0.3) is 0 Å². The fourth-order valence-corrected chi connectivity index (χ4v) is 3.08. The van der Waals surface area contributed by atoms with E-state index >= 15 is 0 Å². The van der Waals surface area contributed by atoms with Gasteiger partial charge in [-0.1, -0.05) is 11.6 Å². The summed E-state index contributed by atoms with van der Waals surface area (Å²) in [6, 6.07) is 3.56. The molecule has 1 fully saturated rings. The number of morpholine rings is 1. The molecule has 0 radical (unpaired) electrons. The third-order valence-corrected chi connectivity index (χ3v) is 4.07. The van der Waals surface area contributed by atoms with Gasteiger partial charge in [0.05, 0.1) is 23.4 Å². The van der Waals surface area contributed by atoms with E-state index in [0.29, 0.717) is 10.9 Å². The smallest absolute Gasteiger partial charge is 0.334 e. The molecule has 1 saturated heterocycles. The Bertz CT molecular complexity index is 490. The molecule has 1 aliphatic rings. The number of carboxylic acid groups (broad SMARTS) is 1. The van der Waals surface area contributed by atoms with Crippen molar-refractivity contribution in [1.29, 1.82) is 0 Å². The van der Waals surface area contributed by atoms with Gasteiger partial charge in [-0.2, -0.15) is 0 Å². The van der Waals surface area contributed by atoms with Crippen molar-refractivity contribution in [1.82, 2.24) is 4.90 Å². The zero-order valence-electron chi connectivity index (χ0n) is 10.3. The minimum atomic E-state index is -1.04. The zero-order valence-corrected chi connectivity index (χ0v) is 11.9. The van der Waals surface area contributed by atoms with Gasteiger partial charge in [0.2, 0.25) is 5.91 Å². The van der Waals surface area contributed by atoms with Gasteiger partial charge in [-0.25, -0.2) is 4.79 Å². The van der Waals surface area contributed by atoms with Gasteiger partial charge < -0.3 is 14.7 Å². The monoisotopic (exact) mass is 303 g/mol. The van der Waals surface area contributed by atoms with Crippen LogP contribution in [0.2, 0.25) is 4.34 Å². The Kier molecular flexibility index (Phi) is 4.44. The molecule has 7 heteroatoms. The van der Waals surface area contributed by atoms with Crippen molar-refractivity contribution in [3.05, 3.63) is 21.3 Å². The first-order valence-corrected chi connectivity index (χ1v) is 7.05. The van der Waals surface area contributed by atoms with Gasteiger partial charge in [0.15, 0.2) is 6.10 Å². The predicted molar refractivity (Wildman–Crippen MR) is 71.6 cm³/mol. The summed E-state index contributed by atoms with van der Waals surface area (Å²) in [7, 11) is 0. The zero-order chi connectivity index (χ0) is 14.0. The van der Waals surface area contributed by atoms with E-state index in [4.69, 9.17) is 21.4 Å². The van der Waals surface area contributed by atoms with E-state index in [-0.39, 0.29) is 25.0 Å². The van der Waals surface area contributed by atoms with E-state index in [1.54, 1.807) is 17.9 Å². The molecule has 2 atom stereocenters. The molecule has 1 aliphatic heterocycles. The molecule has 1 amide bonds. The quantitative estimate of drug-likeness (QED) is 0.922. The molecule has 5 nitrogen and oxygen atoms in total. The van der Waals surface area contributed by atoms with Crippen molar-refractivity contribution in [2.45, 2.75) is 25.6 Å². The molecule has 0 aromatic carbocycles. The van der Waals surface area contributed by atoms with Gasteiger partial charge in [-0.15, -0.1) is 11.3 Å². The summed E-state index contributed by atoms with van der Waals surface area (Å²) in [5.41, 5.74) is 0. The second-order valence-corrected chi connectivity index (χ2v) is 6.25. The van der Waals surface area contributed by atoms with Gasteiger partial charge in [-0.3, -0.25) is 4.79 Å². The summed E-state index contributed by atoms with van der Waals surface area (Å²) < 4.78 is 5.91. The van der Waals surface area contributed by atoms with Crippen molar-refractivity contribution < 1.29 is 19.4 Å². The van der Waals surface area contributed by atoms with Crippen LogP contribution in [-0.2, 0) is 20.7 Å². The largest absolute Gasteiger partial charge is 0.479 e. The van der Waals surface area contributed by atoms with Gasteiger partial charge in [0.1, 0.15) is 0 Å². The van der Waals surface area contributed by atoms with Gasteiger partial charge >= 0.3 is 5.97 Å². The number of hydrogen-bond acceptors (Lipinski definition) is 4. The van der Waals surface area contributed by atoms with E-state index in [1.807, 2.05) is 6.07 Å².